The molecule has 0 saturated carbocycles. The molecule has 3 aromatic rings. The second-order valence-corrected chi connectivity index (χ2v) is 7.58. The van der Waals surface area contributed by atoms with E-state index in [1.165, 1.54) is 0 Å². The highest BCUT2D eigenvalue weighted by Gasteiger charge is 2.26. The zero-order chi connectivity index (χ0) is 18.5. The summed E-state index contributed by atoms with van der Waals surface area (Å²) in [5.41, 5.74) is 2.97. The molecule has 1 aliphatic heterocycles. The minimum absolute atomic E-state index is 0.0463. The largest absolute Gasteiger partial charge is 0.322 e. The van der Waals surface area contributed by atoms with Gasteiger partial charge >= 0.3 is 6.03 Å². The number of likely N-dealkylation sites (tertiary alicyclic amines) is 1. The molecule has 1 atom stereocenters. The molecule has 5 nitrogen and oxygen atoms in total. The summed E-state index contributed by atoms with van der Waals surface area (Å²) < 4.78 is 0. The van der Waals surface area contributed by atoms with Gasteiger partial charge in [0.25, 0.3) is 0 Å². The number of rotatable bonds is 3. The Hall–Kier alpha value is -2.73. The van der Waals surface area contributed by atoms with Gasteiger partial charge in [-0.05, 0) is 42.7 Å². The summed E-state index contributed by atoms with van der Waals surface area (Å²) in [6.45, 7) is 0.769. The normalized spacial score (nSPS) is 17.3. The molecule has 1 aromatic carbocycles. The van der Waals surface area contributed by atoms with Gasteiger partial charge in [-0.1, -0.05) is 25.0 Å². The number of amides is 2. The van der Waals surface area contributed by atoms with Crippen molar-refractivity contribution < 1.29 is 4.79 Å². The first-order valence-electron chi connectivity index (χ1n) is 9.29. The monoisotopic (exact) mass is 378 g/mol. The van der Waals surface area contributed by atoms with E-state index in [2.05, 4.69) is 15.3 Å². The van der Waals surface area contributed by atoms with E-state index >= 15 is 0 Å². The van der Waals surface area contributed by atoms with E-state index in [4.69, 9.17) is 0 Å². The first kappa shape index (κ1) is 17.7. The molecule has 0 spiro atoms. The third kappa shape index (κ3) is 4.17. The lowest BCUT2D eigenvalue weighted by molar-refractivity contribution is 0.189. The van der Waals surface area contributed by atoms with Crippen molar-refractivity contribution in [2.24, 2.45) is 0 Å². The summed E-state index contributed by atoms with van der Waals surface area (Å²) in [5, 5.41) is 6.00. The van der Waals surface area contributed by atoms with Crippen LogP contribution >= 0.6 is 11.3 Å². The number of urea groups is 1. The molecule has 0 aliphatic carbocycles. The van der Waals surface area contributed by atoms with E-state index in [-0.39, 0.29) is 12.1 Å². The summed E-state index contributed by atoms with van der Waals surface area (Å²) in [7, 11) is 0. The number of aromatic nitrogens is 2. The van der Waals surface area contributed by atoms with Crippen LogP contribution in [0, 0.1) is 0 Å². The number of benzene rings is 1. The fraction of sp³-hybridized carbons (Fsp3) is 0.286. The molecule has 2 amide bonds. The molecule has 1 saturated heterocycles. The van der Waals surface area contributed by atoms with E-state index in [0.717, 1.165) is 54.0 Å². The number of thiazole rings is 1. The van der Waals surface area contributed by atoms with Crippen molar-refractivity contribution in [3.63, 3.8) is 0 Å². The topological polar surface area (TPSA) is 58.1 Å². The molecule has 27 heavy (non-hydrogen) atoms. The van der Waals surface area contributed by atoms with E-state index in [1.54, 1.807) is 29.9 Å². The van der Waals surface area contributed by atoms with E-state index < -0.39 is 0 Å². The molecule has 0 bridgehead atoms. The third-order valence-corrected chi connectivity index (χ3v) is 5.72. The molecule has 2 aromatic heterocycles. The Morgan fingerprint density at radius 2 is 2.00 bits per heavy atom. The molecular weight excluding hydrogens is 356 g/mol. The maximum absolute atomic E-state index is 13.1. The van der Waals surface area contributed by atoms with Crippen LogP contribution in [-0.4, -0.2) is 27.4 Å². The van der Waals surface area contributed by atoms with Gasteiger partial charge in [0.2, 0.25) is 0 Å². The number of pyridine rings is 1. The lowest BCUT2D eigenvalue weighted by Gasteiger charge is -2.30. The van der Waals surface area contributed by atoms with Crippen LogP contribution in [0.4, 0.5) is 10.5 Å². The van der Waals surface area contributed by atoms with Crippen LogP contribution in [0.1, 0.15) is 37.3 Å². The van der Waals surface area contributed by atoms with Crippen LogP contribution in [0.3, 0.4) is 0 Å². The standard InChI is InChI=1S/C21H22N4OS/c26-21(24-18-6-4-5-17(15-18)20-23-12-14-27-20)25-13-3-1-2-7-19(25)16-8-10-22-11-9-16/h4-6,8-12,14-15,19H,1-3,7,13H2,(H,24,26). The molecule has 1 aliphatic rings. The first-order valence-corrected chi connectivity index (χ1v) is 10.2. The van der Waals surface area contributed by atoms with Crippen LogP contribution in [0.5, 0.6) is 0 Å². The molecule has 1 unspecified atom stereocenters. The summed E-state index contributed by atoms with van der Waals surface area (Å²) in [6.07, 6.45) is 9.70. The maximum Gasteiger partial charge on any atom is 0.322 e. The van der Waals surface area contributed by atoms with Crippen molar-refractivity contribution in [2.45, 2.75) is 31.7 Å². The molecule has 0 radical (unpaired) electrons. The molecule has 4 rings (SSSR count). The first-order chi connectivity index (χ1) is 13.3. The van der Waals surface area contributed by atoms with Gasteiger partial charge in [-0.2, -0.15) is 0 Å². The van der Waals surface area contributed by atoms with E-state index in [0.29, 0.717) is 0 Å². The molecule has 1 N–H and O–H groups in total. The Balaban J connectivity index is 1.54. The summed E-state index contributed by atoms with van der Waals surface area (Å²) >= 11 is 1.59. The van der Waals surface area contributed by atoms with E-state index in [9.17, 15) is 4.79 Å². The molecule has 3 heterocycles. The van der Waals surface area contributed by atoms with Gasteiger partial charge in [0.15, 0.2) is 0 Å². The summed E-state index contributed by atoms with van der Waals surface area (Å²) in [6, 6.07) is 11.9. The van der Waals surface area contributed by atoms with Crippen LogP contribution in [0.2, 0.25) is 0 Å². The summed E-state index contributed by atoms with van der Waals surface area (Å²) in [4.78, 5) is 23.5. The van der Waals surface area contributed by atoms with Gasteiger partial charge < -0.3 is 10.2 Å². The van der Waals surface area contributed by atoms with Gasteiger partial charge in [0.1, 0.15) is 5.01 Å². The number of nitrogens with one attached hydrogen (secondary N) is 1. The van der Waals surface area contributed by atoms with Crippen LogP contribution in [-0.2, 0) is 0 Å². The lowest BCUT2D eigenvalue weighted by atomic mass is 10.0. The van der Waals surface area contributed by atoms with Crippen molar-refractivity contribution in [3.8, 4) is 10.6 Å². The number of hydrogen-bond acceptors (Lipinski definition) is 4. The number of nitrogens with zero attached hydrogens (tertiary/aromatic N) is 3. The smallest absolute Gasteiger partial charge is 0.317 e. The van der Waals surface area contributed by atoms with Crippen LogP contribution < -0.4 is 5.32 Å². The Morgan fingerprint density at radius 1 is 1.11 bits per heavy atom. The van der Waals surface area contributed by atoms with Gasteiger partial charge in [0.05, 0.1) is 6.04 Å². The van der Waals surface area contributed by atoms with Crippen molar-refractivity contribution in [1.82, 2.24) is 14.9 Å². The Kier molecular flexibility index (Phi) is 5.44. The zero-order valence-corrected chi connectivity index (χ0v) is 15.9. The fourth-order valence-electron chi connectivity index (χ4n) is 3.57. The zero-order valence-electron chi connectivity index (χ0n) is 15.0. The molecular formula is C21H22N4OS. The average molecular weight is 379 g/mol. The van der Waals surface area contributed by atoms with Gasteiger partial charge in [-0.25, -0.2) is 9.78 Å². The van der Waals surface area contributed by atoms with Crippen LogP contribution in [0.15, 0.2) is 60.4 Å². The van der Waals surface area contributed by atoms with Crippen molar-refractivity contribution in [1.29, 1.82) is 0 Å². The number of carbonyl (C=O) groups is 1. The molecule has 1 fully saturated rings. The highest BCUT2D eigenvalue weighted by Crippen LogP contribution is 2.31. The van der Waals surface area contributed by atoms with Gasteiger partial charge in [0, 0.05) is 41.8 Å². The number of anilines is 1. The Morgan fingerprint density at radius 3 is 2.81 bits per heavy atom. The SMILES string of the molecule is O=C(Nc1cccc(-c2nccs2)c1)N1CCCCCC1c1ccncc1. The molecule has 138 valence electrons. The van der Waals surface area contributed by atoms with Crippen molar-refractivity contribution in [3.05, 3.63) is 65.9 Å². The van der Waals surface area contributed by atoms with Gasteiger partial charge in [-0.3, -0.25) is 4.98 Å². The Bertz CT molecular complexity index is 882. The average Bonchev–Trinajstić information content (AvgIpc) is 3.13. The number of hydrogen-bond donors (Lipinski definition) is 1. The van der Waals surface area contributed by atoms with Crippen molar-refractivity contribution >= 4 is 23.1 Å². The van der Waals surface area contributed by atoms with Crippen molar-refractivity contribution in [2.75, 3.05) is 11.9 Å². The predicted molar refractivity (Wildman–Crippen MR) is 109 cm³/mol. The van der Waals surface area contributed by atoms with Gasteiger partial charge in [-0.15, -0.1) is 11.3 Å². The van der Waals surface area contributed by atoms with E-state index in [1.807, 2.05) is 46.7 Å². The highest BCUT2D eigenvalue weighted by atomic mass is 32.1. The predicted octanol–water partition coefficient (Wildman–Crippen LogP) is 5.35. The second kappa shape index (κ2) is 8.31. The van der Waals surface area contributed by atoms with Crippen LogP contribution in [0.25, 0.3) is 10.6 Å². The highest BCUT2D eigenvalue weighted by molar-refractivity contribution is 7.13. The maximum atomic E-state index is 13.1. The molecule has 6 heteroatoms. The lowest BCUT2D eigenvalue weighted by Crippen LogP contribution is -2.38. The quantitative estimate of drug-likeness (QED) is 0.668. The minimum atomic E-state index is -0.0463. The minimum Gasteiger partial charge on any atom is -0.317 e. The summed E-state index contributed by atoms with van der Waals surface area (Å²) in [5.74, 6) is 0. The second-order valence-electron chi connectivity index (χ2n) is 6.69. The fourth-order valence-corrected chi connectivity index (χ4v) is 4.21. The number of carbonyl (C=O) groups excluding carboxylic acids is 1. The third-order valence-electron chi connectivity index (χ3n) is 4.90. The Labute approximate surface area is 163 Å².